The molecule has 2 heterocycles. The maximum atomic E-state index is 13.1. The zero-order valence-corrected chi connectivity index (χ0v) is 17.4. The van der Waals surface area contributed by atoms with Gasteiger partial charge in [0.05, 0.1) is 31.8 Å². The Bertz CT molecular complexity index is 867. The number of halogens is 1. The first-order chi connectivity index (χ1) is 14.5. The minimum absolute atomic E-state index is 0.0949. The monoisotopic (exact) mass is 416 g/mol. The van der Waals surface area contributed by atoms with Crippen molar-refractivity contribution < 1.29 is 13.9 Å². The molecule has 30 heavy (non-hydrogen) atoms. The average Bonchev–Trinajstić information content (AvgIpc) is 3.18. The Hall–Kier alpha value is -2.94. The molecule has 0 saturated carbocycles. The predicted molar refractivity (Wildman–Crippen MR) is 112 cm³/mol. The van der Waals surface area contributed by atoms with Crippen molar-refractivity contribution in [3.63, 3.8) is 0 Å². The minimum Gasteiger partial charge on any atom is -0.370 e. The Morgan fingerprint density at radius 3 is 2.83 bits per heavy atom. The number of amides is 1. The molecule has 9 heteroatoms. The van der Waals surface area contributed by atoms with Crippen molar-refractivity contribution in [3.8, 4) is 0 Å². The third kappa shape index (κ3) is 5.79. The summed E-state index contributed by atoms with van der Waals surface area (Å²) in [5.74, 6) is -0.481. The van der Waals surface area contributed by atoms with Gasteiger partial charge in [0, 0.05) is 31.9 Å². The van der Waals surface area contributed by atoms with E-state index < -0.39 is 11.8 Å². The Labute approximate surface area is 175 Å². The van der Waals surface area contributed by atoms with E-state index in [1.807, 2.05) is 26.4 Å². The molecular formula is C21H29FN6O2. The van der Waals surface area contributed by atoms with Crippen LogP contribution in [0.4, 0.5) is 4.39 Å². The molecule has 1 aliphatic heterocycles. The number of nitrogens with one attached hydrogen (secondary N) is 1. The number of guanidine groups is 1. The molecule has 2 aromatic rings. The number of ether oxygens (including phenoxy) is 1. The lowest BCUT2D eigenvalue weighted by molar-refractivity contribution is -0.121. The summed E-state index contributed by atoms with van der Waals surface area (Å²) in [7, 11) is 1.88. The van der Waals surface area contributed by atoms with Gasteiger partial charge in [-0.25, -0.2) is 4.39 Å². The fourth-order valence-corrected chi connectivity index (χ4v) is 3.43. The highest BCUT2D eigenvalue weighted by Crippen LogP contribution is 2.21. The molecule has 3 rings (SSSR count). The van der Waals surface area contributed by atoms with Crippen molar-refractivity contribution >= 4 is 11.9 Å². The minimum atomic E-state index is -0.473. The molecule has 1 saturated heterocycles. The van der Waals surface area contributed by atoms with Crippen molar-refractivity contribution in [2.45, 2.75) is 19.4 Å². The van der Waals surface area contributed by atoms with Crippen molar-refractivity contribution in [1.82, 2.24) is 20.0 Å². The Kier molecular flexibility index (Phi) is 7.40. The summed E-state index contributed by atoms with van der Waals surface area (Å²) in [6, 6.07) is 6.10. The molecule has 0 bridgehead atoms. The number of nitrogens with zero attached hydrogens (tertiary/aromatic N) is 4. The lowest BCUT2D eigenvalue weighted by Gasteiger charge is -2.35. The van der Waals surface area contributed by atoms with Gasteiger partial charge in [-0.15, -0.1) is 0 Å². The fourth-order valence-electron chi connectivity index (χ4n) is 3.43. The van der Waals surface area contributed by atoms with Gasteiger partial charge < -0.3 is 20.7 Å². The van der Waals surface area contributed by atoms with Gasteiger partial charge in [0.1, 0.15) is 11.9 Å². The largest absolute Gasteiger partial charge is 0.370 e. The predicted octanol–water partition coefficient (Wildman–Crippen LogP) is 1.24. The first kappa shape index (κ1) is 21.8. The Morgan fingerprint density at radius 1 is 1.43 bits per heavy atom. The van der Waals surface area contributed by atoms with Gasteiger partial charge in [0.15, 0.2) is 5.96 Å². The molecule has 2 atom stereocenters. The summed E-state index contributed by atoms with van der Waals surface area (Å²) in [6.07, 6.45) is 4.08. The average molecular weight is 417 g/mol. The highest BCUT2D eigenvalue weighted by molar-refractivity contribution is 5.81. The smallest absolute Gasteiger partial charge is 0.222 e. The molecule has 1 aliphatic rings. The number of morpholine rings is 1. The van der Waals surface area contributed by atoms with Crippen LogP contribution in [-0.4, -0.2) is 59.3 Å². The first-order valence-corrected chi connectivity index (χ1v) is 10.1. The van der Waals surface area contributed by atoms with E-state index in [0.29, 0.717) is 32.7 Å². The standard InChI is InChI=1S/C21H29FN6O2/c1-3-24-21(28-8-9-30-19(14-28)17-12-26-27(2)13-17)25-11-16(20(23)29)10-15-4-6-18(22)7-5-15/h4-7,12-13,16,19H,3,8-11,14H2,1-2H3,(H2,23,29)(H,24,25). The second kappa shape index (κ2) is 10.2. The van der Waals surface area contributed by atoms with Crippen LogP contribution in [0.25, 0.3) is 0 Å². The van der Waals surface area contributed by atoms with Gasteiger partial charge in [-0.3, -0.25) is 14.5 Å². The lowest BCUT2D eigenvalue weighted by atomic mass is 9.99. The van der Waals surface area contributed by atoms with Crippen molar-refractivity contribution in [3.05, 3.63) is 53.6 Å². The molecule has 3 N–H and O–H groups in total. The van der Waals surface area contributed by atoms with E-state index in [1.165, 1.54) is 12.1 Å². The first-order valence-electron chi connectivity index (χ1n) is 10.1. The van der Waals surface area contributed by atoms with E-state index in [4.69, 9.17) is 10.5 Å². The lowest BCUT2D eigenvalue weighted by Crippen LogP contribution is -2.48. The van der Waals surface area contributed by atoms with Crippen LogP contribution in [0.2, 0.25) is 0 Å². The molecule has 1 aromatic carbocycles. The molecule has 1 amide bonds. The normalized spacial score (nSPS) is 18.3. The summed E-state index contributed by atoms with van der Waals surface area (Å²) in [5, 5.41) is 7.51. The number of carbonyl (C=O) groups excluding carboxylic acids is 1. The summed E-state index contributed by atoms with van der Waals surface area (Å²) >= 11 is 0. The topological polar surface area (TPSA) is 97.8 Å². The Balaban J connectivity index is 1.69. The number of aromatic nitrogens is 2. The molecule has 2 unspecified atom stereocenters. The van der Waals surface area contributed by atoms with Gasteiger partial charge >= 0.3 is 0 Å². The second-order valence-corrected chi connectivity index (χ2v) is 7.38. The highest BCUT2D eigenvalue weighted by Gasteiger charge is 2.25. The summed E-state index contributed by atoms with van der Waals surface area (Å²) < 4.78 is 20.8. The SMILES string of the molecule is CCNC(=NCC(Cc1ccc(F)cc1)C(N)=O)N1CCOC(c2cnn(C)c2)C1. The van der Waals surface area contributed by atoms with Crippen LogP contribution in [0.3, 0.4) is 0 Å². The van der Waals surface area contributed by atoms with Crippen LogP contribution in [0.5, 0.6) is 0 Å². The zero-order valence-electron chi connectivity index (χ0n) is 17.4. The van der Waals surface area contributed by atoms with Gasteiger partial charge in [-0.05, 0) is 31.0 Å². The maximum Gasteiger partial charge on any atom is 0.222 e. The molecule has 0 radical (unpaired) electrons. The van der Waals surface area contributed by atoms with Crippen LogP contribution >= 0.6 is 0 Å². The third-order valence-corrected chi connectivity index (χ3v) is 5.06. The molecule has 8 nitrogen and oxygen atoms in total. The zero-order chi connectivity index (χ0) is 21.5. The van der Waals surface area contributed by atoms with Crippen LogP contribution in [0.15, 0.2) is 41.7 Å². The third-order valence-electron chi connectivity index (χ3n) is 5.06. The fraction of sp³-hybridized carbons (Fsp3) is 0.476. The van der Waals surface area contributed by atoms with Gasteiger partial charge in [-0.1, -0.05) is 12.1 Å². The molecule has 0 aliphatic carbocycles. The van der Waals surface area contributed by atoms with E-state index in [9.17, 15) is 9.18 Å². The van der Waals surface area contributed by atoms with Gasteiger partial charge in [-0.2, -0.15) is 5.10 Å². The number of aryl methyl sites for hydroxylation is 1. The molecule has 0 spiro atoms. The van der Waals surface area contributed by atoms with Crippen LogP contribution < -0.4 is 11.1 Å². The number of carbonyl (C=O) groups is 1. The van der Waals surface area contributed by atoms with E-state index in [0.717, 1.165) is 17.1 Å². The molecule has 1 fully saturated rings. The quantitative estimate of drug-likeness (QED) is 0.523. The second-order valence-electron chi connectivity index (χ2n) is 7.38. The van der Waals surface area contributed by atoms with Crippen molar-refractivity contribution in [2.24, 2.45) is 23.7 Å². The highest BCUT2D eigenvalue weighted by atomic mass is 19.1. The summed E-state index contributed by atoms with van der Waals surface area (Å²) in [4.78, 5) is 18.8. The number of aliphatic imine (C=N–C) groups is 1. The van der Waals surface area contributed by atoms with Crippen molar-refractivity contribution in [2.75, 3.05) is 32.8 Å². The molecule has 1 aromatic heterocycles. The maximum absolute atomic E-state index is 13.1. The number of primary amides is 1. The number of benzene rings is 1. The van der Waals surface area contributed by atoms with Crippen LogP contribution in [0, 0.1) is 11.7 Å². The van der Waals surface area contributed by atoms with E-state index >= 15 is 0 Å². The number of nitrogens with two attached hydrogens (primary N) is 1. The van der Waals surface area contributed by atoms with E-state index in [2.05, 4.69) is 20.3 Å². The number of rotatable bonds is 7. The number of hydrogen-bond donors (Lipinski definition) is 2. The molecular weight excluding hydrogens is 387 g/mol. The number of hydrogen-bond acceptors (Lipinski definition) is 4. The van der Waals surface area contributed by atoms with E-state index in [-0.39, 0.29) is 18.5 Å². The van der Waals surface area contributed by atoms with Gasteiger partial charge in [0.25, 0.3) is 0 Å². The van der Waals surface area contributed by atoms with Gasteiger partial charge in [0.2, 0.25) is 5.91 Å². The van der Waals surface area contributed by atoms with Crippen LogP contribution in [0.1, 0.15) is 24.2 Å². The summed E-state index contributed by atoms with van der Waals surface area (Å²) in [5.41, 5.74) is 7.48. The van der Waals surface area contributed by atoms with E-state index in [1.54, 1.807) is 16.8 Å². The summed E-state index contributed by atoms with van der Waals surface area (Å²) in [6.45, 7) is 4.85. The van der Waals surface area contributed by atoms with Crippen molar-refractivity contribution in [1.29, 1.82) is 0 Å². The molecule has 162 valence electrons. The van der Waals surface area contributed by atoms with Crippen LogP contribution in [-0.2, 0) is 23.0 Å². The Morgan fingerprint density at radius 2 is 2.20 bits per heavy atom.